The van der Waals surface area contributed by atoms with E-state index in [0.717, 1.165) is 17.1 Å². The number of hydrogen-bond acceptors (Lipinski definition) is 15. The Balaban J connectivity index is 1.41. The second-order valence-corrected chi connectivity index (χ2v) is 16.3. The summed E-state index contributed by atoms with van der Waals surface area (Å²) in [6, 6.07) is 1.15. The minimum atomic E-state index is -4.23. The van der Waals surface area contributed by atoms with E-state index in [-0.39, 0.29) is 44.5 Å². The Bertz CT molecular complexity index is 2070. The minimum absolute atomic E-state index is 0.000351. The van der Waals surface area contributed by atoms with Crippen LogP contribution in [0.25, 0.3) is 0 Å². The number of carbonyl (C=O) groups excluding carboxylic acids is 6. The van der Waals surface area contributed by atoms with Crippen LogP contribution in [0.15, 0.2) is 36.5 Å². The molecule has 23 heteroatoms. The topological polar surface area (TPSA) is 323 Å². The van der Waals surface area contributed by atoms with Gasteiger partial charge in [-0.2, -0.15) is 8.42 Å². The molecule has 3 heterocycles. The first-order chi connectivity index (χ1) is 28.1. The van der Waals surface area contributed by atoms with E-state index < -0.39 is 112 Å². The van der Waals surface area contributed by atoms with Gasteiger partial charge in [-0.3, -0.25) is 42.9 Å². The number of aryl methyl sites for hydroxylation is 2. The largest absolute Gasteiger partial charge is 0.479 e. The average molecular weight is 864 g/mol. The fourth-order valence-electron chi connectivity index (χ4n) is 6.51. The fourth-order valence-corrected chi connectivity index (χ4v) is 7.00. The zero-order valence-corrected chi connectivity index (χ0v) is 34.0. The van der Waals surface area contributed by atoms with Crippen molar-refractivity contribution < 1.29 is 71.3 Å². The number of nitrogens with zero attached hydrogens (tertiary/aromatic N) is 4. The monoisotopic (exact) mass is 863 g/mol. The van der Waals surface area contributed by atoms with Gasteiger partial charge < -0.3 is 40.7 Å². The number of ether oxygens (including phenoxy) is 2. The van der Waals surface area contributed by atoms with Gasteiger partial charge in [-0.05, 0) is 55.4 Å². The van der Waals surface area contributed by atoms with E-state index in [1.165, 1.54) is 24.7 Å². The first-order valence-electron chi connectivity index (χ1n) is 18.9. The number of aromatic nitrogens is 3. The SMILES string of the molecule is CC(=O)OCc1ccc(NC(=O)[C@H](C)NC(=O)[C@@H](NC(=O)C[C@@H](c2cn(CCCS(=O)(=O)O)nn2)N2C(=O)C=CC2=O)C(C)C)cc1CC[C@H]1C[C@@H](O)[C@H](O)[C@@H](C(=O)O)O1. The van der Waals surface area contributed by atoms with Gasteiger partial charge in [0.15, 0.2) is 6.10 Å². The molecule has 4 rings (SSSR count). The van der Waals surface area contributed by atoms with Crippen molar-refractivity contribution >= 4 is 57.3 Å². The van der Waals surface area contributed by atoms with Gasteiger partial charge >= 0.3 is 11.9 Å². The number of anilines is 1. The number of carbonyl (C=O) groups is 7. The van der Waals surface area contributed by atoms with Crippen LogP contribution < -0.4 is 16.0 Å². The predicted molar refractivity (Wildman–Crippen MR) is 206 cm³/mol. The summed E-state index contributed by atoms with van der Waals surface area (Å²) in [7, 11) is -4.23. The van der Waals surface area contributed by atoms with Crippen LogP contribution in [0.5, 0.6) is 0 Å². The molecule has 5 amide bonds. The number of carboxylic acid groups (broad SMARTS) is 1. The van der Waals surface area contributed by atoms with Crippen LogP contribution in [-0.2, 0) is 72.7 Å². The maximum Gasteiger partial charge on any atom is 0.335 e. The normalized spacial score (nSPS) is 20.7. The van der Waals surface area contributed by atoms with Crippen molar-refractivity contribution in [1.29, 1.82) is 0 Å². The van der Waals surface area contributed by atoms with Crippen molar-refractivity contribution in [3.63, 3.8) is 0 Å². The zero-order valence-electron chi connectivity index (χ0n) is 33.2. The van der Waals surface area contributed by atoms with E-state index in [2.05, 4.69) is 26.3 Å². The molecule has 0 radical (unpaired) electrons. The number of rotatable bonds is 20. The number of amides is 5. The van der Waals surface area contributed by atoms with Gasteiger partial charge in [0.1, 0.15) is 30.5 Å². The van der Waals surface area contributed by atoms with Crippen LogP contribution in [0, 0.1) is 5.92 Å². The lowest BCUT2D eigenvalue weighted by Crippen LogP contribution is -2.54. The number of aliphatic hydroxyl groups excluding tert-OH is 2. The van der Waals surface area contributed by atoms with E-state index in [9.17, 15) is 57.3 Å². The Hall–Kier alpha value is -5.62. The third kappa shape index (κ3) is 13.2. The Labute approximate surface area is 344 Å². The zero-order chi connectivity index (χ0) is 44.5. The first kappa shape index (κ1) is 47.1. The Morgan fingerprint density at radius 3 is 2.32 bits per heavy atom. The smallest absolute Gasteiger partial charge is 0.335 e. The number of aliphatic hydroxyl groups is 2. The first-order valence-corrected chi connectivity index (χ1v) is 20.5. The van der Waals surface area contributed by atoms with Gasteiger partial charge in [-0.15, -0.1) is 5.10 Å². The molecule has 2 aromatic rings. The lowest BCUT2D eigenvalue weighted by molar-refractivity contribution is -0.193. The van der Waals surface area contributed by atoms with Gasteiger partial charge in [0.2, 0.25) is 17.7 Å². The Morgan fingerprint density at radius 2 is 1.70 bits per heavy atom. The molecule has 7 N–H and O–H groups in total. The van der Waals surface area contributed by atoms with E-state index in [1.807, 2.05) is 0 Å². The number of benzene rings is 1. The summed E-state index contributed by atoms with van der Waals surface area (Å²) in [4.78, 5) is 89.5. The highest BCUT2D eigenvalue weighted by Gasteiger charge is 2.41. The number of esters is 1. The molecule has 0 unspecified atom stereocenters. The molecule has 0 aliphatic carbocycles. The van der Waals surface area contributed by atoms with Crippen LogP contribution in [0.4, 0.5) is 5.69 Å². The standard InChI is InChI=1S/C37H49N7O15S/c1-19(2)32(40-29(47)16-27(44-30(48)10-11-31(44)49)26-17-43(42-41-26)12-5-13-60(55,56)57)36(52)38-20(3)35(51)39-24-8-6-23(18-58-21(4)45)22(14-24)7-9-25-15-28(46)33(50)34(59-25)37(53)54/h6,8,10-11,14,17,19-20,25,27-28,32-34,46,50H,5,7,9,12-13,15-16,18H2,1-4H3,(H,38,52)(H,39,51)(H,40,47)(H,53,54)(H,55,56,57)/t20-,25-,27-,28+,32-,33-,34-/m0/s1. The maximum absolute atomic E-state index is 13.5. The molecule has 1 fully saturated rings. The minimum Gasteiger partial charge on any atom is -0.479 e. The van der Waals surface area contributed by atoms with Crippen molar-refractivity contribution in [2.45, 2.75) is 115 Å². The molecule has 1 aromatic heterocycles. The van der Waals surface area contributed by atoms with Crippen molar-refractivity contribution in [1.82, 2.24) is 30.5 Å². The Kier molecular flexibility index (Phi) is 16.1. The summed E-state index contributed by atoms with van der Waals surface area (Å²) in [6.07, 6.45) is -2.10. The van der Waals surface area contributed by atoms with Gasteiger partial charge in [-0.1, -0.05) is 25.1 Å². The summed E-state index contributed by atoms with van der Waals surface area (Å²) in [5.41, 5.74) is 1.48. The quantitative estimate of drug-likeness (QED) is 0.0485. The van der Waals surface area contributed by atoms with E-state index >= 15 is 0 Å². The predicted octanol–water partition coefficient (Wildman–Crippen LogP) is -0.844. The molecule has 22 nitrogen and oxygen atoms in total. The van der Waals surface area contributed by atoms with Crippen molar-refractivity contribution in [3.05, 3.63) is 53.4 Å². The highest BCUT2D eigenvalue weighted by atomic mass is 32.2. The average Bonchev–Trinajstić information content (AvgIpc) is 3.77. The molecule has 328 valence electrons. The lowest BCUT2D eigenvalue weighted by atomic mass is 9.93. The van der Waals surface area contributed by atoms with E-state index in [1.54, 1.807) is 32.0 Å². The van der Waals surface area contributed by atoms with Crippen molar-refractivity contribution in [2.24, 2.45) is 5.92 Å². The van der Waals surface area contributed by atoms with Crippen LogP contribution in [0.2, 0.25) is 0 Å². The summed E-state index contributed by atoms with van der Waals surface area (Å²) in [5, 5.41) is 45.4. The number of carboxylic acids is 1. The number of imide groups is 1. The molecule has 1 saturated heterocycles. The number of aliphatic carboxylic acids is 1. The third-order valence-electron chi connectivity index (χ3n) is 9.67. The Morgan fingerprint density at radius 1 is 1.02 bits per heavy atom. The molecular weight excluding hydrogens is 815 g/mol. The highest BCUT2D eigenvalue weighted by Crippen LogP contribution is 2.28. The molecule has 1 aromatic carbocycles. The van der Waals surface area contributed by atoms with Crippen LogP contribution in [0.3, 0.4) is 0 Å². The van der Waals surface area contributed by atoms with Crippen molar-refractivity contribution in [2.75, 3.05) is 11.1 Å². The second-order valence-electron chi connectivity index (χ2n) is 14.8. The molecule has 0 bridgehead atoms. The molecular formula is C37H49N7O15S. The summed E-state index contributed by atoms with van der Waals surface area (Å²) < 4.78 is 43.1. The summed E-state index contributed by atoms with van der Waals surface area (Å²) >= 11 is 0. The fraction of sp³-hybridized carbons (Fsp3) is 0.541. The van der Waals surface area contributed by atoms with Gasteiger partial charge in [0.25, 0.3) is 21.9 Å². The van der Waals surface area contributed by atoms with Gasteiger partial charge in [-0.25, -0.2) is 4.79 Å². The van der Waals surface area contributed by atoms with E-state index in [4.69, 9.17) is 14.0 Å². The third-order valence-corrected chi connectivity index (χ3v) is 10.5. The van der Waals surface area contributed by atoms with Gasteiger partial charge in [0, 0.05) is 37.7 Å². The number of hydrogen-bond donors (Lipinski definition) is 7. The molecule has 7 atom stereocenters. The van der Waals surface area contributed by atoms with E-state index in [0.29, 0.717) is 16.8 Å². The summed E-state index contributed by atoms with van der Waals surface area (Å²) in [5.74, 6) is -6.62. The maximum atomic E-state index is 13.5. The van der Waals surface area contributed by atoms with Gasteiger partial charge in [0.05, 0.1) is 36.6 Å². The van der Waals surface area contributed by atoms with Crippen molar-refractivity contribution in [3.8, 4) is 0 Å². The van der Waals surface area contributed by atoms with Crippen LogP contribution in [-0.4, -0.2) is 132 Å². The molecule has 0 saturated carbocycles. The van der Waals surface area contributed by atoms with Crippen LogP contribution >= 0.6 is 0 Å². The molecule has 2 aliphatic heterocycles. The second kappa shape index (κ2) is 20.6. The van der Waals surface area contributed by atoms with Crippen LogP contribution in [0.1, 0.15) is 76.2 Å². The number of nitrogens with one attached hydrogen (secondary N) is 3. The molecule has 0 spiro atoms. The molecule has 2 aliphatic rings. The summed E-state index contributed by atoms with van der Waals surface area (Å²) in [6.45, 7) is 5.82. The lowest BCUT2D eigenvalue weighted by Gasteiger charge is -2.35. The molecule has 60 heavy (non-hydrogen) atoms. The highest BCUT2D eigenvalue weighted by molar-refractivity contribution is 7.85.